The Labute approximate surface area is 172 Å². The van der Waals surface area contributed by atoms with E-state index in [0.717, 1.165) is 37.6 Å². The Morgan fingerprint density at radius 3 is 2.31 bits per heavy atom. The number of piperazine rings is 1. The molecule has 1 aromatic carbocycles. The molecule has 0 aliphatic carbocycles. The number of benzene rings is 1. The zero-order chi connectivity index (χ0) is 21.0. The standard InChI is InChI=1S/C22H30FN5O/c1-22(2,3)25-21(29)28(19-8-6-18(23)7-9-19)16-17-5-10-20(24-15-17)27-13-11-26(4)12-14-27/h5-10,15H,11-14,16H2,1-4H3,(H,25,29). The molecule has 0 spiro atoms. The lowest BCUT2D eigenvalue weighted by atomic mass is 10.1. The fraction of sp³-hybridized carbons (Fsp3) is 0.455. The fourth-order valence-electron chi connectivity index (χ4n) is 3.21. The van der Waals surface area contributed by atoms with E-state index >= 15 is 0 Å². The maximum Gasteiger partial charge on any atom is 0.322 e. The third-order valence-corrected chi connectivity index (χ3v) is 4.84. The van der Waals surface area contributed by atoms with Gasteiger partial charge in [0.05, 0.1) is 6.54 Å². The SMILES string of the molecule is CN1CCN(c2ccc(CN(C(=O)NC(C)(C)C)c3ccc(F)cc3)cn2)CC1. The molecule has 0 saturated carbocycles. The van der Waals surface area contributed by atoms with Gasteiger partial charge in [0.15, 0.2) is 0 Å². The van der Waals surface area contributed by atoms with E-state index in [1.807, 2.05) is 39.1 Å². The molecule has 0 bridgehead atoms. The Balaban J connectivity index is 1.76. The first-order chi connectivity index (χ1) is 13.7. The molecule has 1 aromatic heterocycles. The molecule has 0 unspecified atom stereocenters. The van der Waals surface area contributed by atoms with Crippen molar-refractivity contribution in [1.29, 1.82) is 0 Å². The normalized spacial score (nSPS) is 15.3. The minimum atomic E-state index is -0.376. The largest absolute Gasteiger partial charge is 0.354 e. The number of carbonyl (C=O) groups is 1. The first kappa shape index (κ1) is 21.0. The summed E-state index contributed by atoms with van der Waals surface area (Å²) in [5.41, 5.74) is 1.17. The summed E-state index contributed by atoms with van der Waals surface area (Å²) in [7, 11) is 2.13. The first-order valence-corrected chi connectivity index (χ1v) is 9.95. The van der Waals surface area contributed by atoms with Crippen molar-refractivity contribution in [3.05, 3.63) is 54.0 Å². The Hall–Kier alpha value is -2.67. The number of nitrogens with one attached hydrogen (secondary N) is 1. The zero-order valence-electron chi connectivity index (χ0n) is 17.7. The van der Waals surface area contributed by atoms with Crippen LogP contribution in [-0.4, -0.2) is 54.7 Å². The highest BCUT2D eigenvalue weighted by Gasteiger charge is 2.22. The number of anilines is 2. The molecule has 1 aliphatic rings. The van der Waals surface area contributed by atoms with Crippen molar-refractivity contribution >= 4 is 17.5 Å². The van der Waals surface area contributed by atoms with E-state index in [2.05, 4.69) is 27.1 Å². The molecular weight excluding hydrogens is 369 g/mol. The number of amides is 2. The van der Waals surface area contributed by atoms with Crippen LogP contribution in [0.25, 0.3) is 0 Å². The van der Waals surface area contributed by atoms with Crippen molar-refractivity contribution in [3.63, 3.8) is 0 Å². The summed E-state index contributed by atoms with van der Waals surface area (Å²) in [6, 6.07) is 9.73. The summed E-state index contributed by atoms with van der Waals surface area (Å²) in [4.78, 5) is 23.7. The van der Waals surface area contributed by atoms with E-state index in [1.54, 1.807) is 17.0 Å². The second-order valence-electron chi connectivity index (χ2n) is 8.56. The molecule has 3 rings (SSSR count). The highest BCUT2D eigenvalue weighted by Crippen LogP contribution is 2.20. The molecule has 1 N–H and O–H groups in total. The third kappa shape index (κ3) is 5.90. The Morgan fingerprint density at radius 2 is 1.76 bits per heavy atom. The number of aromatic nitrogens is 1. The van der Waals surface area contributed by atoms with Crippen LogP contribution < -0.4 is 15.1 Å². The molecule has 29 heavy (non-hydrogen) atoms. The highest BCUT2D eigenvalue weighted by molar-refractivity contribution is 5.92. The van der Waals surface area contributed by atoms with Crippen LogP contribution in [0.5, 0.6) is 0 Å². The summed E-state index contributed by atoms with van der Waals surface area (Å²) >= 11 is 0. The second-order valence-corrected chi connectivity index (χ2v) is 8.56. The number of nitrogens with zero attached hydrogens (tertiary/aromatic N) is 4. The summed E-state index contributed by atoms with van der Waals surface area (Å²) < 4.78 is 13.4. The van der Waals surface area contributed by atoms with Gasteiger partial charge < -0.3 is 15.1 Å². The van der Waals surface area contributed by atoms with Crippen molar-refractivity contribution in [2.45, 2.75) is 32.9 Å². The molecule has 7 heteroatoms. The van der Waals surface area contributed by atoms with Crippen molar-refractivity contribution in [2.24, 2.45) is 0 Å². The van der Waals surface area contributed by atoms with Gasteiger partial charge in [-0.25, -0.2) is 14.2 Å². The molecule has 156 valence electrons. The monoisotopic (exact) mass is 399 g/mol. The van der Waals surface area contributed by atoms with Crippen LogP contribution in [0.1, 0.15) is 26.3 Å². The van der Waals surface area contributed by atoms with Crippen LogP contribution in [0.4, 0.5) is 20.7 Å². The van der Waals surface area contributed by atoms with Gasteiger partial charge in [-0.05, 0) is 63.7 Å². The first-order valence-electron chi connectivity index (χ1n) is 9.95. The van der Waals surface area contributed by atoms with Crippen LogP contribution in [0, 0.1) is 5.82 Å². The molecule has 2 heterocycles. The van der Waals surface area contributed by atoms with Crippen LogP contribution >= 0.6 is 0 Å². The fourth-order valence-corrected chi connectivity index (χ4v) is 3.21. The van der Waals surface area contributed by atoms with Gasteiger partial charge in [-0.3, -0.25) is 4.90 Å². The lowest BCUT2D eigenvalue weighted by Gasteiger charge is -2.33. The quantitative estimate of drug-likeness (QED) is 0.855. The van der Waals surface area contributed by atoms with Gasteiger partial charge in [-0.1, -0.05) is 6.07 Å². The summed E-state index contributed by atoms with van der Waals surface area (Å²) in [6.45, 7) is 10.1. The Kier molecular flexibility index (Phi) is 6.37. The van der Waals surface area contributed by atoms with Gasteiger partial charge >= 0.3 is 6.03 Å². The van der Waals surface area contributed by atoms with Crippen LogP contribution in [0.2, 0.25) is 0 Å². The number of hydrogen-bond donors (Lipinski definition) is 1. The second kappa shape index (κ2) is 8.78. The van der Waals surface area contributed by atoms with Gasteiger partial charge in [-0.2, -0.15) is 0 Å². The molecule has 2 amide bonds. The van der Waals surface area contributed by atoms with Crippen molar-refractivity contribution in [3.8, 4) is 0 Å². The predicted octanol–water partition coefficient (Wildman–Crippen LogP) is 3.49. The van der Waals surface area contributed by atoms with E-state index in [9.17, 15) is 9.18 Å². The van der Waals surface area contributed by atoms with E-state index in [0.29, 0.717) is 12.2 Å². The average Bonchev–Trinajstić information content (AvgIpc) is 2.67. The number of rotatable bonds is 4. The molecular formula is C22H30FN5O. The van der Waals surface area contributed by atoms with Crippen molar-refractivity contribution in [1.82, 2.24) is 15.2 Å². The number of urea groups is 1. The molecule has 0 atom stereocenters. The average molecular weight is 400 g/mol. The molecule has 1 saturated heterocycles. The zero-order valence-corrected chi connectivity index (χ0v) is 17.7. The van der Waals surface area contributed by atoms with E-state index in [-0.39, 0.29) is 17.4 Å². The van der Waals surface area contributed by atoms with Gasteiger partial charge in [0, 0.05) is 43.6 Å². The summed E-state index contributed by atoms with van der Waals surface area (Å²) in [6.07, 6.45) is 1.81. The highest BCUT2D eigenvalue weighted by atomic mass is 19.1. The number of hydrogen-bond acceptors (Lipinski definition) is 4. The van der Waals surface area contributed by atoms with Gasteiger partial charge in [0.2, 0.25) is 0 Å². The maximum atomic E-state index is 13.4. The van der Waals surface area contributed by atoms with Crippen LogP contribution in [0.15, 0.2) is 42.6 Å². The molecule has 6 nitrogen and oxygen atoms in total. The van der Waals surface area contributed by atoms with Gasteiger partial charge in [0.25, 0.3) is 0 Å². The smallest absolute Gasteiger partial charge is 0.322 e. The van der Waals surface area contributed by atoms with E-state index in [1.165, 1.54) is 12.1 Å². The molecule has 0 radical (unpaired) electrons. The molecule has 2 aromatic rings. The van der Waals surface area contributed by atoms with Crippen LogP contribution in [0.3, 0.4) is 0 Å². The molecule has 1 aliphatic heterocycles. The predicted molar refractivity (Wildman–Crippen MR) is 115 cm³/mol. The number of pyridine rings is 1. The van der Waals surface area contributed by atoms with E-state index < -0.39 is 0 Å². The summed E-state index contributed by atoms with van der Waals surface area (Å²) in [5, 5.41) is 2.98. The summed E-state index contributed by atoms with van der Waals surface area (Å²) in [5.74, 6) is 0.623. The Bertz CT molecular complexity index is 809. The minimum Gasteiger partial charge on any atom is -0.354 e. The molecule has 1 fully saturated rings. The number of carbonyl (C=O) groups excluding carboxylic acids is 1. The van der Waals surface area contributed by atoms with Gasteiger partial charge in [0.1, 0.15) is 11.6 Å². The lowest BCUT2D eigenvalue weighted by Crippen LogP contribution is -2.48. The van der Waals surface area contributed by atoms with Gasteiger partial charge in [-0.15, -0.1) is 0 Å². The number of likely N-dealkylation sites (N-methyl/N-ethyl adjacent to an activating group) is 1. The van der Waals surface area contributed by atoms with E-state index in [4.69, 9.17) is 0 Å². The topological polar surface area (TPSA) is 51.7 Å². The lowest BCUT2D eigenvalue weighted by molar-refractivity contribution is 0.237. The number of halogens is 1. The third-order valence-electron chi connectivity index (χ3n) is 4.84. The van der Waals surface area contributed by atoms with Crippen LogP contribution in [-0.2, 0) is 6.54 Å². The minimum absolute atomic E-state index is 0.229. The Morgan fingerprint density at radius 1 is 1.10 bits per heavy atom. The van der Waals surface area contributed by atoms with Crippen molar-refractivity contribution < 1.29 is 9.18 Å². The van der Waals surface area contributed by atoms with Crippen molar-refractivity contribution in [2.75, 3.05) is 43.0 Å². The maximum absolute atomic E-state index is 13.4.